The Labute approximate surface area is 109 Å². The lowest BCUT2D eigenvalue weighted by molar-refractivity contribution is 0.0540. The van der Waals surface area contributed by atoms with Crippen LogP contribution in [0, 0.1) is 0 Å². The number of aliphatic hydroxyl groups is 1. The summed E-state index contributed by atoms with van der Waals surface area (Å²) in [4.78, 5) is 6.17. The van der Waals surface area contributed by atoms with Crippen molar-refractivity contribution in [1.29, 1.82) is 0 Å². The second-order valence-electron chi connectivity index (χ2n) is 4.34. The SMILES string of the molecule is C.CCCCCN1C=Nc2cccc(N)c2C1O. The highest BCUT2D eigenvalue weighted by Gasteiger charge is 2.23. The molecule has 1 atom stereocenters. The van der Waals surface area contributed by atoms with Gasteiger partial charge in [0, 0.05) is 17.8 Å². The average molecular weight is 249 g/mol. The van der Waals surface area contributed by atoms with Gasteiger partial charge in [-0.15, -0.1) is 0 Å². The highest BCUT2D eigenvalue weighted by Crippen LogP contribution is 2.35. The van der Waals surface area contributed by atoms with Gasteiger partial charge in [0.05, 0.1) is 12.0 Å². The van der Waals surface area contributed by atoms with Gasteiger partial charge in [0.2, 0.25) is 0 Å². The van der Waals surface area contributed by atoms with Gasteiger partial charge < -0.3 is 15.7 Å². The highest BCUT2D eigenvalue weighted by atomic mass is 16.3. The van der Waals surface area contributed by atoms with Crippen LogP contribution in [-0.4, -0.2) is 22.9 Å². The van der Waals surface area contributed by atoms with E-state index in [-0.39, 0.29) is 7.43 Å². The minimum Gasteiger partial charge on any atom is -0.398 e. The molecule has 0 bridgehead atoms. The Morgan fingerprint density at radius 2 is 2.17 bits per heavy atom. The number of nitrogen functional groups attached to an aromatic ring is 1. The summed E-state index contributed by atoms with van der Waals surface area (Å²) in [6, 6.07) is 5.52. The number of unbranched alkanes of at least 4 members (excludes halogenated alkanes) is 2. The Morgan fingerprint density at radius 1 is 1.39 bits per heavy atom. The molecule has 1 aromatic carbocycles. The molecule has 2 rings (SSSR count). The lowest BCUT2D eigenvalue weighted by atomic mass is 10.1. The van der Waals surface area contributed by atoms with E-state index in [2.05, 4.69) is 11.9 Å². The lowest BCUT2D eigenvalue weighted by Gasteiger charge is -2.30. The number of hydrogen-bond donors (Lipinski definition) is 2. The fourth-order valence-electron chi connectivity index (χ4n) is 2.05. The second-order valence-corrected chi connectivity index (χ2v) is 4.34. The average Bonchev–Trinajstić information content (AvgIpc) is 2.32. The quantitative estimate of drug-likeness (QED) is 0.637. The first kappa shape index (κ1) is 14.5. The van der Waals surface area contributed by atoms with Gasteiger partial charge in [0.1, 0.15) is 0 Å². The zero-order chi connectivity index (χ0) is 12.3. The minimum absolute atomic E-state index is 0. The van der Waals surface area contributed by atoms with Gasteiger partial charge in [-0.05, 0) is 18.6 Å². The Hall–Kier alpha value is -1.55. The summed E-state index contributed by atoms with van der Waals surface area (Å²) in [6.45, 7) is 2.97. The summed E-state index contributed by atoms with van der Waals surface area (Å²) in [5.41, 5.74) is 7.99. The number of aliphatic hydroxyl groups excluding tert-OH is 1. The van der Waals surface area contributed by atoms with Gasteiger partial charge in [0.25, 0.3) is 0 Å². The van der Waals surface area contributed by atoms with E-state index in [1.807, 2.05) is 17.0 Å². The standard InChI is InChI=1S/C13H19N3O.CH4/c1-2-3-4-8-16-9-15-11-7-5-6-10(14)12(11)13(16)17;/h5-7,9,13,17H,2-4,8,14H2,1H3;1H4. The van der Waals surface area contributed by atoms with Gasteiger partial charge in [-0.3, -0.25) is 0 Å². The van der Waals surface area contributed by atoms with E-state index in [0.717, 1.165) is 30.6 Å². The molecule has 0 aliphatic carbocycles. The van der Waals surface area contributed by atoms with Crippen LogP contribution in [0.3, 0.4) is 0 Å². The molecule has 4 heteroatoms. The number of fused-ring (bicyclic) bond motifs is 1. The molecule has 1 aliphatic heterocycles. The molecule has 0 saturated heterocycles. The van der Waals surface area contributed by atoms with Crippen LogP contribution in [0.2, 0.25) is 0 Å². The van der Waals surface area contributed by atoms with Crippen LogP contribution in [0.4, 0.5) is 11.4 Å². The van der Waals surface area contributed by atoms with Gasteiger partial charge in [0.15, 0.2) is 6.23 Å². The van der Waals surface area contributed by atoms with E-state index < -0.39 is 6.23 Å². The van der Waals surface area contributed by atoms with Crippen LogP contribution >= 0.6 is 0 Å². The molecule has 0 spiro atoms. The Morgan fingerprint density at radius 3 is 2.89 bits per heavy atom. The summed E-state index contributed by atoms with van der Waals surface area (Å²) in [6.07, 6.45) is 4.43. The molecule has 18 heavy (non-hydrogen) atoms. The van der Waals surface area contributed by atoms with Crippen LogP contribution < -0.4 is 5.73 Å². The molecule has 0 amide bonds. The summed E-state index contributed by atoms with van der Waals surface area (Å²) in [5, 5.41) is 10.3. The van der Waals surface area contributed by atoms with Crippen molar-refractivity contribution in [3.05, 3.63) is 23.8 Å². The van der Waals surface area contributed by atoms with Crippen LogP contribution in [-0.2, 0) is 0 Å². The fraction of sp³-hybridized carbons (Fsp3) is 0.500. The third-order valence-corrected chi connectivity index (χ3v) is 3.05. The fourth-order valence-corrected chi connectivity index (χ4v) is 2.05. The number of hydrogen-bond acceptors (Lipinski definition) is 4. The van der Waals surface area contributed by atoms with Gasteiger partial charge in [-0.2, -0.15) is 0 Å². The third kappa shape index (κ3) is 2.82. The molecule has 0 radical (unpaired) electrons. The zero-order valence-corrected chi connectivity index (χ0v) is 10.1. The molecule has 1 heterocycles. The predicted molar refractivity (Wildman–Crippen MR) is 76.9 cm³/mol. The summed E-state index contributed by atoms with van der Waals surface area (Å²) in [7, 11) is 0. The lowest BCUT2D eigenvalue weighted by Crippen LogP contribution is -2.31. The molecular formula is C14H23N3O. The molecule has 1 aliphatic rings. The van der Waals surface area contributed by atoms with E-state index in [0.29, 0.717) is 5.69 Å². The summed E-state index contributed by atoms with van der Waals surface area (Å²) >= 11 is 0. The van der Waals surface area contributed by atoms with E-state index in [4.69, 9.17) is 5.73 Å². The summed E-state index contributed by atoms with van der Waals surface area (Å²) in [5.74, 6) is 0. The molecule has 100 valence electrons. The second kappa shape index (κ2) is 6.40. The molecule has 0 fully saturated rings. The smallest absolute Gasteiger partial charge is 0.158 e. The first-order valence-corrected chi connectivity index (χ1v) is 6.10. The first-order valence-electron chi connectivity index (χ1n) is 6.10. The number of benzene rings is 1. The van der Waals surface area contributed by atoms with Crippen LogP contribution in [0.1, 0.15) is 45.4 Å². The van der Waals surface area contributed by atoms with Crippen molar-refractivity contribution in [2.45, 2.75) is 39.8 Å². The zero-order valence-electron chi connectivity index (χ0n) is 10.1. The highest BCUT2D eigenvalue weighted by molar-refractivity contribution is 5.72. The number of aliphatic imine (C=N–C) groups is 1. The van der Waals surface area contributed by atoms with Crippen molar-refractivity contribution >= 4 is 17.7 Å². The molecule has 1 unspecified atom stereocenters. The maximum Gasteiger partial charge on any atom is 0.158 e. The predicted octanol–water partition coefficient (Wildman–Crippen LogP) is 3.06. The van der Waals surface area contributed by atoms with E-state index in [1.54, 1.807) is 12.4 Å². The minimum atomic E-state index is -0.666. The van der Waals surface area contributed by atoms with Crippen LogP contribution in [0.25, 0.3) is 0 Å². The Kier molecular flexibility index (Phi) is 5.16. The maximum atomic E-state index is 10.3. The van der Waals surface area contributed by atoms with Crippen molar-refractivity contribution in [3.63, 3.8) is 0 Å². The number of rotatable bonds is 4. The van der Waals surface area contributed by atoms with Crippen molar-refractivity contribution < 1.29 is 5.11 Å². The van der Waals surface area contributed by atoms with Crippen molar-refractivity contribution in [2.75, 3.05) is 12.3 Å². The third-order valence-electron chi connectivity index (χ3n) is 3.05. The monoisotopic (exact) mass is 249 g/mol. The molecule has 0 saturated carbocycles. The largest absolute Gasteiger partial charge is 0.398 e. The molecular weight excluding hydrogens is 226 g/mol. The Bertz CT molecular complexity index is 418. The number of nitrogens with zero attached hydrogens (tertiary/aromatic N) is 2. The summed E-state index contributed by atoms with van der Waals surface area (Å²) < 4.78 is 0. The van der Waals surface area contributed by atoms with Crippen LogP contribution in [0.15, 0.2) is 23.2 Å². The first-order chi connectivity index (χ1) is 8.24. The molecule has 0 aromatic heterocycles. The number of nitrogens with two attached hydrogens (primary N) is 1. The van der Waals surface area contributed by atoms with E-state index in [9.17, 15) is 5.11 Å². The van der Waals surface area contributed by atoms with Crippen LogP contribution in [0.5, 0.6) is 0 Å². The van der Waals surface area contributed by atoms with Crippen molar-refractivity contribution in [1.82, 2.24) is 4.90 Å². The number of anilines is 1. The Balaban J connectivity index is 0.00000162. The normalized spacial score (nSPS) is 17.2. The topological polar surface area (TPSA) is 61.8 Å². The maximum absolute atomic E-state index is 10.3. The van der Waals surface area contributed by atoms with E-state index in [1.165, 1.54) is 6.42 Å². The van der Waals surface area contributed by atoms with Gasteiger partial charge in [-0.25, -0.2) is 4.99 Å². The van der Waals surface area contributed by atoms with Gasteiger partial charge >= 0.3 is 0 Å². The van der Waals surface area contributed by atoms with Gasteiger partial charge in [-0.1, -0.05) is 33.3 Å². The van der Waals surface area contributed by atoms with Crippen molar-refractivity contribution in [2.24, 2.45) is 4.99 Å². The molecule has 3 N–H and O–H groups in total. The molecule has 4 nitrogen and oxygen atoms in total. The molecule has 1 aromatic rings. The van der Waals surface area contributed by atoms with E-state index >= 15 is 0 Å². The van der Waals surface area contributed by atoms with Crippen molar-refractivity contribution in [3.8, 4) is 0 Å².